The summed E-state index contributed by atoms with van der Waals surface area (Å²) in [6.07, 6.45) is 15.5. The first-order valence-corrected chi connectivity index (χ1v) is 9.25. The lowest BCUT2D eigenvalue weighted by Crippen LogP contribution is -2.50. The van der Waals surface area contributed by atoms with Gasteiger partial charge in [-0.3, -0.25) is 4.90 Å². The zero-order valence-corrected chi connectivity index (χ0v) is 13.9. The van der Waals surface area contributed by atoms with Crippen LogP contribution in [0.2, 0.25) is 0 Å². The molecule has 1 aliphatic carbocycles. The average Bonchev–Trinajstić information content (AvgIpc) is 2.83. The number of unbranched alkanes of at least 4 members (excludes halogenated alkanes) is 5. The normalized spacial score (nSPS) is 27.0. The van der Waals surface area contributed by atoms with Crippen molar-refractivity contribution < 1.29 is 0 Å². The molecule has 0 radical (unpaired) electrons. The molecule has 2 fully saturated rings. The third kappa shape index (κ3) is 4.73. The van der Waals surface area contributed by atoms with Gasteiger partial charge in [0.05, 0.1) is 0 Å². The van der Waals surface area contributed by atoms with E-state index in [0.29, 0.717) is 5.54 Å². The summed E-state index contributed by atoms with van der Waals surface area (Å²) in [4.78, 5) is 2.80. The van der Waals surface area contributed by atoms with Gasteiger partial charge >= 0.3 is 0 Å². The zero-order chi connectivity index (χ0) is 14.3. The maximum absolute atomic E-state index is 3.89. The second-order valence-corrected chi connectivity index (χ2v) is 7.29. The van der Waals surface area contributed by atoms with Gasteiger partial charge < -0.3 is 5.32 Å². The van der Waals surface area contributed by atoms with Gasteiger partial charge in [0.1, 0.15) is 0 Å². The van der Waals surface area contributed by atoms with E-state index < -0.39 is 0 Å². The van der Waals surface area contributed by atoms with Crippen LogP contribution in [0, 0.1) is 0 Å². The van der Waals surface area contributed by atoms with Gasteiger partial charge in [-0.2, -0.15) is 0 Å². The first kappa shape index (κ1) is 16.3. The van der Waals surface area contributed by atoms with Crippen LogP contribution in [0.4, 0.5) is 0 Å². The lowest BCUT2D eigenvalue weighted by Gasteiger charge is -2.35. The lowest BCUT2D eigenvalue weighted by molar-refractivity contribution is 0.165. The summed E-state index contributed by atoms with van der Waals surface area (Å²) < 4.78 is 0. The number of nitrogens with zero attached hydrogens (tertiary/aromatic N) is 1. The SMILES string of the molecule is CCCCCCCCN1CC2(CCCC2)NCCC1C. The van der Waals surface area contributed by atoms with E-state index in [1.807, 2.05) is 0 Å². The van der Waals surface area contributed by atoms with Crippen molar-refractivity contribution >= 4 is 0 Å². The Morgan fingerprint density at radius 2 is 1.75 bits per heavy atom. The summed E-state index contributed by atoms with van der Waals surface area (Å²) in [5, 5.41) is 3.89. The fraction of sp³-hybridized carbons (Fsp3) is 1.00. The minimum atomic E-state index is 0.479. The number of nitrogens with one attached hydrogen (secondary N) is 1. The molecule has 1 N–H and O–H groups in total. The summed E-state index contributed by atoms with van der Waals surface area (Å²) in [7, 11) is 0. The predicted molar refractivity (Wildman–Crippen MR) is 88.2 cm³/mol. The molecule has 20 heavy (non-hydrogen) atoms. The molecule has 1 aliphatic heterocycles. The van der Waals surface area contributed by atoms with Gasteiger partial charge in [-0.15, -0.1) is 0 Å². The summed E-state index contributed by atoms with van der Waals surface area (Å²) in [5.74, 6) is 0. The van der Waals surface area contributed by atoms with Gasteiger partial charge in [0.2, 0.25) is 0 Å². The van der Waals surface area contributed by atoms with Gasteiger partial charge in [-0.05, 0) is 45.7 Å². The van der Waals surface area contributed by atoms with Gasteiger partial charge in [0.25, 0.3) is 0 Å². The maximum atomic E-state index is 3.89. The Balaban J connectivity index is 1.73. The van der Waals surface area contributed by atoms with Crippen molar-refractivity contribution in [3.8, 4) is 0 Å². The zero-order valence-electron chi connectivity index (χ0n) is 13.9. The average molecular weight is 280 g/mol. The third-order valence-electron chi connectivity index (χ3n) is 5.55. The molecule has 0 aromatic heterocycles. The van der Waals surface area contributed by atoms with Crippen molar-refractivity contribution in [2.75, 3.05) is 19.6 Å². The molecule has 2 rings (SSSR count). The van der Waals surface area contributed by atoms with E-state index in [2.05, 4.69) is 24.1 Å². The highest BCUT2D eigenvalue weighted by Gasteiger charge is 2.37. The van der Waals surface area contributed by atoms with E-state index in [-0.39, 0.29) is 0 Å². The molecule has 1 heterocycles. The van der Waals surface area contributed by atoms with E-state index in [0.717, 1.165) is 6.04 Å². The van der Waals surface area contributed by atoms with Crippen LogP contribution in [0.3, 0.4) is 0 Å². The Morgan fingerprint density at radius 3 is 2.50 bits per heavy atom. The van der Waals surface area contributed by atoms with E-state index >= 15 is 0 Å². The molecule has 0 amide bonds. The van der Waals surface area contributed by atoms with Crippen molar-refractivity contribution in [3.05, 3.63) is 0 Å². The first-order valence-electron chi connectivity index (χ1n) is 9.25. The van der Waals surface area contributed by atoms with Crippen molar-refractivity contribution in [1.82, 2.24) is 10.2 Å². The summed E-state index contributed by atoms with van der Waals surface area (Å²) >= 11 is 0. The van der Waals surface area contributed by atoms with Crippen LogP contribution in [0.25, 0.3) is 0 Å². The topological polar surface area (TPSA) is 15.3 Å². The third-order valence-corrected chi connectivity index (χ3v) is 5.55. The standard InChI is InChI=1S/C18H36N2/c1-3-4-5-6-7-10-15-20-16-18(12-8-9-13-18)19-14-11-17(20)2/h17,19H,3-16H2,1-2H3. The largest absolute Gasteiger partial charge is 0.310 e. The number of hydrogen-bond donors (Lipinski definition) is 1. The predicted octanol–water partition coefficient (Wildman–Crippen LogP) is 4.34. The Kier molecular flexibility index (Phi) is 6.83. The van der Waals surface area contributed by atoms with Crippen LogP contribution in [-0.2, 0) is 0 Å². The molecule has 1 atom stereocenters. The molecule has 2 heteroatoms. The summed E-state index contributed by atoms with van der Waals surface area (Å²) in [5.41, 5.74) is 0.479. The molecular formula is C18H36N2. The molecular weight excluding hydrogens is 244 g/mol. The highest BCUT2D eigenvalue weighted by Crippen LogP contribution is 2.32. The fourth-order valence-electron chi connectivity index (χ4n) is 4.11. The highest BCUT2D eigenvalue weighted by atomic mass is 15.2. The molecule has 1 saturated carbocycles. The number of rotatable bonds is 7. The Labute approximate surface area is 126 Å². The molecule has 0 bridgehead atoms. The molecule has 1 spiro atoms. The smallest absolute Gasteiger partial charge is 0.0308 e. The molecule has 0 aromatic rings. The molecule has 2 nitrogen and oxygen atoms in total. The van der Waals surface area contributed by atoms with Gasteiger partial charge in [0, 0.05) is 18.1 Å². The van der Waals surface area contributed by atoms with E-state index in [1.165, 1.54) is 90.3 Å². The van der Waals surface area contributed by atoms with E-state index in [9.17, 15) is 0 Å². The Bertz CT molecular complexity index is 258. The minimum absolute atomic E-state index is 0.479. The van der Waals surface area contributed by atoms with Crippen LogP contribution in [-0.4, -0.2) is 36.1 Å². The second-order valence-electron chi connectivity index (χ2n) is 7.29. The van der Waals surface area contributed by atoms with E-state index in [4.69, 9.17) is 0 Å². The second kappa shape index (κ2) is 8.38. The van der Waals surface area contributed by atoms with Gasteiger partial charge in [0.15, 0.2) is 0 Å². The van der Waals surface area contributed by atoms with Crippen molar-refractivity contribution in [1.29, 1.82) is 0 Å². The quantitative estimate of drug-likeness (QED) is 0.698. The maximum Gasteiger partial charge on any atom is 0.0308 e. The summed E-state index contributed by atoms with van der Waals surface area (Å²) in [6, 6.07) is 0.776. The lowest BCUT2D eigenvalue weighted by atomic mass is 9.97. The molecule has 0 aromatic carbocycles. The van der Waals surface area contributed by atoms with Crippen LogP contribution in [0.1, 0.15) is 84.5 Å². The van der Waals surface area contributed by atoms with Crippen LogP contribution in [0.5, 0.6) is 0 Å². The van der Waals surface area contributed by atoms with Gasteiger partial charge in [-0.25, -0.2) is 0 Å². The monoisotopic (exact) mass is 280 g/mol. The Hall–Kier alpha value is -0.0800. The van der Waals surface area contributed by atoms with Crippen molar-refractivity contribution in [2.24, 2.45) is 0 Å². The molecule has 2 aliphatic rings. The van der Waals surface area contributed by atoms with Crippen molar-refractivity contribution in [3.63, 3.8) is 0 Å². The summed E-state index contributed by atoms with van der Waals surface area (Å²) in [6.45, 7) is 8.60. The highest BCUT2D eigenvalue weighted by molar-refractivity contribution is 4.98. The molecule has 1 saturated heterocycles. The van der Waals surface area contributed by atoms with E-state index in [1.54, 1.807) is 0 Å². The molecule has 118 valence electrons. The van der Waals surface area contributed by atoms with Crippen molar-refractivity contribution in [2.45, 2.75) is 96.1 Å². The first-order chi connectivity index (χ1) is 9.76. The van der Waals surface area contributed by atoms with Gasteiger partial charge in [-0.1, -0.05) is 51.9 Å². The van der Waals surface area contributed by atoms with Crippen LogP contribution in [0.15, 0.2) is 0 Å². The fourth-order valence-corrected chi connectivity index (χ4v) is 4.11. The molecule has 1 unspecified atom stereocenters. The minimum Gasteiger partial charge on any atom is -0.310 e. The number of hydrogen-bond acceptors (Lipinski definition) is 2. The van der Waals surface area contributed by atoms with Crippen LogP contribution < -0.4 is 5.32 Å². The Morgan fingerprint density at radius 1 is 1.05 bits per heavy atom. The van der Waals surface area contributed by atoms with Crippen LogP contribution >= 0.6 is 0 Å².